The molecule has 1 aliphatic heterocycles. The van der Waals surface area contributed by atoms with Gasteiger partial charge in [0.25, 0.3) is 0 Å². The van der Waals surface area contributed by atoms with Gasteiger partial charge in [-0.3, -0.25) is 4.57 Å². The van der Waals surface area contributed by atoms with E-state index in [2.05, 4.69) is 0 Å². The third-order valence-electron chi connectivity index (χ3n) is 6.69. The van der Waals surface area contributed by atoms with Gasteiger partial charge in [-0.05, 0) is 36.4 Å². The summed E-state index contributed by atoms with van der Waals surface area (Å²) < 4.78 is 30.4. The van der Waals surface area contributed by atoms with Crippen LogP contribution in [0.1, 0.15) is 12.7 Å². The molecule has 7 rings (SSSR count). The van der Waals surface area contributed by atoms with E-state index in [0.717, 1.165) is 16.9 Å². The van der Waals surface area contributed by atoms with Crippen LogP contribution in [0, 0.1) is 0 Å². The highest BCUT2D eigenvalue weighted by atomic mass is 32.2. The third-order valence-corrected chi connectivity index (χ3v) is 8.57. The summed E-state index contributed by atoms with van der Waals surface area (Å²) in [5.74, 6) is 0.818. The van der Waals surface area contributed by atoms with Gasteiger partial charge in [0, 0.05) is 17.5 Å². The molecule has 0 saturated heterocycles. The van der Waals surface area contributed by atoms with Crippen molar-refractivity contribution in [3.63, 3.8) is 0 Å². The maximum atomic E-state index is 14.2. The summed E-state index contributed by atoms with van der Waals surface area (Å²) in [4.78, 5) is 15.2. The van der Waals surface area contributed by atoms with Gasteiger partial charge in [0.2, 0.25) is 9.84 Å². The third kappa shape index (κ3) is 2.83. The largest absolute Gasteiger partial charge is 0.294 e. The molecule has 7 heteroatoms. The molecule has 0 fully saturated rings. The molecule has 0 radical (unpaired) electrons. The Morgan fingerprint density at radius 2 is 1.36 bits per heavy atom. The summed E-state index contributed by atoms with van der Waals surface area (Å²) in [6, 6.07) is 28.3. The topological polar surface area (TPSA) is 77.7 Å². The molecule has 6 aromatic rings. The minimum atomic E-state index is -3.86. The van der Waals surface area contributed by atoms with E-state index in [1.165, 1.54) is 0 Å². The van der Waals surface area contributed by atoms with Crippen molar-refractivity contribution in [1.82, 2.24) is 19.5 Å². The summed E-state index contributed by atoms with van der Waals surface area (Å²) in [6.45, 7) is 2.03. The van der Waals surface area contributed by atoms with Gasteiger partial charge in [0.15, 0.2) is 0 Å². The summed E-state index contributed by atoms with van der Waals surface area (Å²) >= 11 is 0. The van der Waals surface area contributed by atoms with Gasteiger partial charge in [-0.25, -0.2) is 23.4 Å². The highest BCUT2D eigenvalue weighted by molar-refractivity contribution is 7.92. The van der Waals surface area contributed by atoms with Crippen LogP contribution in [0.4, 0.5) is 0 Å². The molecule has 0 unspecified atom stereocenters. The number of fused-ring (bicyclic) bond motifs is 3. The van der Waals surface area contributed by atoms with Crippen molar-refractivity contribution in [2.24, 2.45) is 0 Å². The molecule has 4 aromatic carbocycles. The van der Waals surface area contributed by atoms with Gasteiger partial charge in [-0.2, -0.15) is 0 Å². The molecule has 6 nitrogen and oxygen atoms in total. The van der Waals surface area contributed by atoms with Gasteiger partial charge >= 0.3 is 0 Å². The number of aromatic nitrogens is 4. The first-order chi connectivity index (χ1) is 17.6. The minimum absolute atomic E-state index is 0.229. The van der Waals surface area contributed by atoms with E-state index in [4.69, 9.17) is 15.0 Å². The van der Waals surface area contributed by atoms with Crippen LogP contribution >= 0.6 is 0 Å². The van der Waals surface area contributed by atoms with Crippen LogP contribution in [0.25, 0.3) is 50.3 Å². The van der Waals surface area contributed by atoms with E-state index in [-0.39, 0.29) is 9.79 Å². The zero-order valence-corrected chi connectivity index (χ0v) is 20.2. The minimum Gasteiger partial charge on any atom is -0.294 e. The molecule has 0 amide bonds. The van der Waals surface area contributed by atoms with E-state index >= 15 is 0 Å². The average molecular weight is 489 g/mol. The second-order valence-corrected chi connectivity index (χ2v) is 10.6. The molecule has 2 aromatic heterocycles. The number of imidazole rings is 1. The van der Waals surface area contributed by atoms with Crippen molar-refractivity contribution in [2.75, 3.05) is 0 Å². The number of benzene rings is 4. The fourth-order valence-electron chi connectivity index (χ4n) is 5.10. The smallest absolute Gasteiger partial charge is 0.211 e. The fraction of sp³-hybridized carbons (Fsp3) is 0.0690. The van der Waals surface area contributed by atoms with Gasteiger partial charge < -0.3 is 0 Å². The first-order valence-electron chi connectivity index (χ1n) is 11.8. The lowest BCUT2D eigenvalue weighted by Gasteiger charge is -2.23. The number of rotatable bonds is 3. The Balaban J connectivity index is 1.66. The predicted molar refractivity (Wildman–Crippen MR) is 140 cm³/mol. The van der Waals surface area contributed by atoms with Crippen LogP contribution in [-0.4, -0.2) is 27.9 Å². The van der Waals surface area contributed by atoms with E-state index in [9.17, 15) is 8.42 Å². The molecule has 3 heterocycles. The van der Waals surface area contributed by atoms with Crippen LogP contribution < -0.4 is 0 Å². The van der Waals surface area contributed by atoms with Gasteiger partial charge in [0.1, 0.15) is 10.7 Å². The zero-order valence-electron chi connectivity index (χ0n) is 19.4. The lowest BCUT2D eigenvalue weighted by atomic mass is 10.0. The number of sulfone groups is 1. The van der Waals surface area contributed by atoms with Crippen molar-refractivity contribution >= 4 is 31.9 Å². The Morgan fingerprint density at radius 3 is 2.11 bits per heavy atom. The Kier molecular flexibility index (Phi) is 4.41. The molecule has 36 heavy (non-hydrogen) atoms. The number of hydrogen-bond donors (Lipinski definition) is 0. The Labute approximate surface area is 207 Å². The molecule has 0 spiro atoms. The van der Waals surface area contributed by atoms with Crippen LogP contribution in [-0.2, 0) is 16.3 Å². The van der Waals surface area contributed by atoms with Gasteiger partial charge in [-0.15, -0.1) is 0 Å². The first-order valence-corrected chi connectivity index (χ1v) is 13.3. The van der Waals surface area contributed by atoms with Crippen molar-refractivity contribution in [1.29, 1.82) is 0 Å². The predicted octanol–water partition coefficient (Wildman–Crippen LogP) is 6.01. The number of hydrogen-bond acceptors (Lipinski definition) is 5. The van der Waals surface area contributed by atoms with E-state index in [1.807, 2.05) is 90.4 Å². The van der Waals surface area contributed by atoms with Crippen molar-refractivity contribution in [3.8, 4) is 28.2 Å². The van der Waals surface area contributed by atoms with Crippen LogP contribution in [0.15, 0.2) is 101 Å². The quantitative estimate of drug-likeness (QED) is 0.304. The zero-order chi connectivity index (χ0) is 24.4. The number of nitrogens with zero attached hydrogens (tertiary/aromatic N) is 4. The van der Waals surface area contributed by atoms with Crippen LogP contribution in [0.2, 0.25) is 0 Å². The molecular weight excluding hydrogens is 468 g/mol. The number of aryl methyl sites for hydroxylation is 1. The monoisotopic (exact) mass is 488 g/mol. The Bertz CT molecular complexity index is 1940. The van der Waals surface area contributed by atoms with Crippen LogP contribution in [0.3, 0.4) is 0 Å². The summed E-state index contributed by atoms with van der Waals surface area (Å²) in [5, 5.41) is 0. The van der Waals surface area contributed by atoms with Crippen molar-refractivity contribution in [3.05, 3.63) is 96.8 Å². The van der Waals surface area contributed by atoms with E-state index in [1.54, 1.807) is 12.1 Å². The second kappa shape index (κ2) is 7.57. The molecule has 0 saturated carbocycles. The van der Waals surface area contributed by atoms with Gasteiger partial charge in [0.05, 0.1) is 44.0 Å². The second-order valence-electron chi connectivity index (χ2n) is 8.77. The maximum Gasteiger partial charge on any atom is 0.211 e. The molecule has 0 N–H and O–H groups in total. The summed E-state index contributed by atoms with van der Waals surface area (Å²) in [5.41, 5.74) is 5.90. The molecule has 174 valence electrons. The van der Waals surface area contributed by atoms with E-state index in [0.29, 0.717) is 45.6 Å². The normalized spacial score (nSPS) is 13.7. The SMILES string of the molecule is CCc1nc2ccc(-c3nc4ccccc4nc3-c3ccccc3)c3c2n1-c1ccccc1S3(=O)=O. The molecule has 0 aliphatic carbocycles. The lowest BCUT2D eigenvalue weighted by Crippen LogP contribution is -2.17. The molecule has 1 aliphatic rings. The van der Waals surface area contributed by atoms with Crippen molar-refractivity contribution < 1.29 is 8.42 Å². The molecule has 0 bridgehead atoms. The summed E-state index contributed by atoms with van der Waals surface area (Å²) in [7, 11) is -3.86. The summed E-state index contributed by atoms with van der Waals surface area (Å²) in [6.07, 6.45) is 0.670. The maximum absolute atomic E-state index is 14.2. The van der Waals surface area contributed by atoms with Gasteiger partial charge in [-0.1, -0.05) is 61.5 Å². The Hall–Kier alpha value is -4.36. The first kappa shape index (κ1) is 21.0. The Morgan fingerprint density at radius 1 is 0.694 bits per heavy atom. The fourth-order valence-corrected chi connectivity index (χ4v) is 6.92. The molecular formula is C29H20N4O2S. The van der Waals surface area contributed by atoms with E-state index < -0.39 is 9.84 Å². The lowest BCUT2D eigenvalue weighted by molar-refractivity contribution is 0.594. The average Bonchev–Trinajstić information content (AvgIpc) is 3.30. The highest BCUT2D eigenvalue weighted by Crippen LogP contribution is 2.45. The highest BCUT2D eigenvalue weighted by Gasteiger charge is 2.36. The van der Waals surface area contributed by atoms with Crippen molar-refractivity contribution in [2.45, 2.75) is 23.1 Å². The van der Waals surface area contributed by atoms with Crippen LogP contribution in [0.5, 0.6) is 0 Å². The standard InChI is InChI=1S/C29H20N4O2S/c1-2-25-30-22-17-16-19(29-28(22)33(25)23-14-8-9-15-24(23)36(29,34)35)27-26(18-10-4-3-5-11-18)31-20-12-6-7-13-21(20)32-27/h3-17H,2H2,1H3. The molecule has 0 atom stereocenters. The number of para-hydroxylation sites is 3.